The van der Waals surface area contributed by atoms with Crippen molar-refractivity contribution in [3.63, 3.8) is 0 Å². The zero-order chi connectivity index (χ0) is 16.0. The summed E-state index contributed by atoms with van der Waals surface area (Å²) in [4.78, 5) is 10.8. The van der Waals surface area contributed by atoms with E-state index in [0.29, 0.717) is 13.1 Å². The molecule has 3 aromatic rings. The molecule has 1 aliphatic heterocycles. The standard InChI is InChI=1S/C13H14N6O2S2/c1-18-7-10(4-16-18)23(20,21)17-9-5-19(6-9)13-12-11(2-3-22-12)14-8-15-13/h2-4,7-9,17H,5-6H2,1H3. The van der Waals surface area contributed by atoms with Crippen LogP contribution in [0, 0.1) is 0 Å². The molecular weight excluding hydrogens is 336 g/mol. The first-order chi connectivity index (χ1) is 11.0. The Morgan fingerprint density at radius 1 is 1.35 bits per heavy atom. The summed E-state index contributed by atoms with van der Waals surface area (Å²) in [5.41, 5.74) is 0.916. The third-order valence-electron chi connectivity index (χ3n) is 3.72. The van der Waals surface area contributed by atoms with Gasteiger partial charge in [-0.1, -0.05) is 0 Å². The first kappa shape index (κ1) is 14.5. The van der Waals surface area contributed by atoms with Gasteiger partial charge in [0.1, 0.15) is 17.0 Å². The van der Waals surface area contributed by atoms with E-state index < -0.39 is 10.0 Å². The maximum Gasteiger partial charge on any atom is 0.244 e. The van der Waals surface area contributed by atoms with Gasteiger partial charge in [0.2, 0.25) is 10.0 Å². The summed E-state index contributed by atoms with van der Waals surface area (Å²) in [5.74, 6) is 0.863. The third kappa shape index (κ3) is 2.58. The van der Waals surface area contributed by atoms with E-state index in [1.54, 1.807) is 18.4 Å². The summed E-state index contributed by atoms with van der Waals surface area (Å²) >= 11 is 1.59. The van der Waals surface area contributed by atoms with E-state index in [-0.39, 0.29) is 10.9 Å². The zero-order valence-corrected chi connectivity index (χ0v) is 13.9. The molecule has 10 heteroatoms. The molecule has 1 fully saturated rings. The summed E-state index contributed by atoms with van der Waals surface area (Å²) in [6.45, 7) is 1.17. The monoisotopic (exact) mass is 350 g/mol. The summed E-state index contributed by atoms with van der Waals surface area (Å²) in [5, 5.41) is 5.87. The van der Waals surface area contributed by atoms with Crippen LogP contribution in [0.4, 0.5) is 5.82 Å². The van der Waals surface area contributed by atoms with Crippen LogP contribution in [0.2, 0.25) is 0 Å². The first-order valence-corrected chi connectivity index (χ1v) is 9.33. The molecule has 0 unspecified atom stereocenters. The molecule has 4 heterocycles. The molecule has 120 valence electrons. The Labute approximate surface area is 136 Å². The van der Waals surface area contributed by atoms with Crippen molar-refractivity contribution in [3.8, 4) is 0 Å². The Balaban J connectivity index is 1.47. The Bertz CT molecular complexity index is 958. The van der Waals surface area contributed by atoms with Crippen molar-refractivity contribution in [1.29, 1.82) is 0 Å². The molecule has 23 heavy (non-hydrogen) atoms. The predicted molar refractivity (Wildman–Crippen MR) is 86.9 cm³/mol. The van der Waals surface area contributed by atoms with Crippen molar-refractivity contribution in [3.05, 3.63) is 30.2 Å². The number of nitrogens with zero attached hydrogens (tertiary/aromatic N) is 5. The molecule has 3 aromatic heterocycles. The quantitative estimate of drug-likeness (QED) is 0.740. The van der Waals surface area contributed by atoms with Crippen LogP contribution in [0.25, 0.3) is 10.2 Å². The van der Waals surface area contributed by atoms with Crippen molar-refractivity contribution in [2.24, 2.45) is 7.05 Å². The largest absolute Gasteiger partial charge is 0.352 e. The highest BCUT2D eigenvalue weighted by molar-refractivity contribution is 7.89. The van der Waals surface area contributed by atoms with Crippen molar-refractivity contribution in [1.82, 2.24) is 24.5 Å². The van der Waals surface area contributed by atoms with E-state index in [1.165, 1.54) is 23.4 Å². The van der Waals surface area contributed by atoms with E-state index in [1.807, 2.05) is 11.4 Å². The van der Waals surface area contributed by atoms with E-state index in [4.69, 9.17) is 0 Å². The van der Waals surface area contributed by atoms with Crippen LogP contribution in [-0.4, -0.2) is 47.3 Å². The smallest absolute Gasteiger partial charge is 0.244 e. The molecule has 0 saturated carbocycles. The first-order valence-electron chi connectivity index (χ1n) is 6.97. The third-order valence-corrected chi connectivity index (χ3v) is 6.09. The minimum atomic E-state index is -3.53. The normalized spacial score (nSPS) is 16.0. The molecule has 4 rings (SSSR count). The predicted octanol–water partition coefficient (Wildman–Crippen LogP) is 0.592. The highest BCUT2D eigenvalue weighted by atomic mass is 32.2. The van der Waals surface area contributed by atoms with Gasteiger partial charge >= 0.3 is 0 Å². The molecule has 8 nitrogen and oxygen atoms in total. The van der Waals surface area contributed by atoms with Gasteiger partial charge in [-0.15, -0.1) is 11.3 Å². The van der Waals surface area contributed by atoms with Crippen LogP contribution < -0.4 is 9.62 Å². The topological polar surface area (TPSA) is 93.0 Å². The molecular formula is C13H14N6O2S2. The molecule has 0 radical (unpaired) electrons. The molecule has 0 bridgehead atoms. The summed E-state index contributed by atoms with van der Waals surface area (Å²) in [6, 6.07) is 1.82. The van der Waals surface area contributed by atoms with Crippen LogP contribution in [0.3, 0.4) is 0 Å². The lowest BCUT2D eigenvalue weighted by molar-refractivity contribution is 0.467. The number of aromatic nitrogens is 4. The van der Waals surface area contributed by atoms with Crippen molar-refractivity contribution in [2.75, 3.05) is 18.0 Å². The molecule has 0 atom stereocenters. The second-order valence-corrected chi connectivity index (χ2v) is 8.04. The number of rotatable bonds is 4. The van der Waals surface area contributed by atoms with E-state index in [2.05, 4.69) is 24.7 Å². The lowest BCUT2D eigenvalue weighted by Crippen LogP contribution is -2.59. The molecule has 0 aliphatic carbocycles. The number of sulfonamides is 1. The lowest BCUT2D eigenvalue weighted by Gasteiger charge is -2.40. The highest BCUT2D eigenvalue weighted by Gasteiger charge is 2.33. The summed E-state index contributed by atoms with van der Waals surface area (Å²) in [6.07, 6.45) is 4.37. The second kappa shape index (κ2) is 5.25. The number of hydrogen-bond acceptors (Lipinski definition) is 7. The SMILES string of the molecule is Cn1cc(S(=O)(=O)NC2CN(c3ncnc4ccsc34)C2)cn1. The van der Waals surface area contributed by atoms with Gasteiger partial charge in [0, 0.05) is 26.3 Å². The van der Waals surface area contributed by atoms with Gasteiger partial charge in [0.25, 0.3) is 0 Å². The molecule has 1 N–H and O–H groups in total. The van der Waals surface area contributed by atoms with Gasteiger partial charge in [-0.3, -0.25) is 4.68 Å². The maximum atomic E-state index is 12.3. The maximum absolute atomic E-state index is 12.3. The Morgan fingerprint density at radius 3 is 2.91 bits per heavy atom. The van der Waals surface area contributed by atoms with E-state index >= 15 is 0 Å². The number of thiophene rings is 1. The van der Waals surface area contributed by atoms with Gasteiger partial charge in [-0.2, -0.15) is 5.10 Å². The van der Waals surface area contributed by atoms with Gasteiger partial charge in [0.15, 0.2) is 0 Å². The summed E-state index contributed by atoms with van der Waals surface area (Å²) in [7, 11) is -1.84. The molecule has 1 aliphatic rings. The van der Waals surface area contributed by atoms with Gasteiger partial charge in [0.05, 0.1) is 22.5 Å². The van der Waals surface area contributed by atoms with Crippen LogP contribution in [0.15, 0.2) is 35.1 Å². The van der Waals surface area contributed by atoms with Crippen LogP contribution >= 0.6 is 11.3 Å². The van der Waals surface area contributed by atoms with Gasteiger partial charge in [-0.25, -0.2) is 23.1 Å². The minimum absolute atomic E-state index is 0.134. The summed E-state index contributed by atoms with van der Waals surface area (Å²) < 4.78 is 29.7. The highest BCUT2D eigenvalue weighted by Crippen LogP contribution is 2.30. The van der Waals surface area contributed by atoms with Crippen LogP contribution in [0.1, 0.15) is 0 Å². The fourth-order valence-electron chi connectivity index (χ4n) is 2.55. The number of nitrogens with one attached hydrogen (secondary N) is 1. The van der Waals surface area contributed by atoms with Gasteiger partial charge in [-0.05, 0) is 11.4 Å². The van der Waals surface area contributed by atoms with Gasteiger partial charge < -0.3 is 4.90 Å². The van der Waals surface area contributed by atoms with Crippen molar-refractivity contribution >= 4 is 37.4 Å². The van der Waals surface area contributed by atoms with E-state index in [9.17, 15) is 8.42 Å². The molecule has 0 spiro atoms. The van der Waals surface area contributed by atoms with Crippen molar-refractivity contribution in [2.45, 2.75) is 10.9 Å². The minimum Gasteiger partial charge on any atom is -0.352 e. The average molecular weight is 350 g/mol. The van der Waals surface area contributed by atoms with Crippen LogP contribution in [-0.2, 0) is 17.1 Å². The Kier molecular flexibility index (Phi) is 3.32. The lowest BCUT2D eigenvalue weighted by atomic mass is 10.1. The second-order valence-electron chi connectivity index (χ2n) is 5.41. The molecule has 1 saturated heterocycles. The number of fused-ring (bicyclic) bond motifs is 1. The zero-order valence-electron chi connectivity index (χ0n) is 12.2. The number of anilines is 1. The Hall–Kier alpha value is -2.04. The van der Waals surface area contributed by atoms with Crippen LogP contribution in [0.5, 0.6) is 0 Å². The fraction of sp³-hybridized carbons (Fsp3) is 0.308. The fourth-order valence-corrected chi connectivity index (χ4v) is 4.62. The Morgan fingerprint density at radius 2 is 2.17 bits per heavy atom. The number of aryl methyl sites for hydroxylation is 1. The van der Waals surface area contributed by atoms with E-state index in [0.717, 1.165) is 16.0 Å². The average Bonchev–Trinajstić information content (AvgIpc) is 3.11. The molecule has 0 amide bonds. The van der Waals surface area contributed by atoms with Crippen molar-refractivity contribution < 1.29 is 8.42 Å². The number of hydrogen-bond donors (Lipinski definition) is 1. The molecule has 0 aromatic carbocycles.